The molecule has 2 heterocycles. The lowest BCUT2D eigenvalue weighted by Gasteiger charge is -2.28. The molecule has 0 spiro atoms. The first-order valence-corrected chi connectivity index (χ1v) is 5.37. The average Bonchev–Trinajstić information content (AvgIpc) is 2.22. The first kappa shape index (κ1) is 11.0. The summed E-state index contributed by atoms with van der Waals surface area (Å²) in [5, 5.41) is 3.33. The molecule has 5 heteroatoms. The number of nitrogens with one attached hydrogen (secondary N) is 1. The minimum atomic E-state index is -0.127. The lowest BCUT2D eigenvalue weighted by Crippen LogP contribution is -2.44. The van der Waals surface area contributed by atoms with E-state index in [4.69, 9.17) is 11.6 Å². The van der Waals surface area contributed by atoms with E-state index in [1.165, 1.54) is 0 Å². The molecular weight excluding hydrogens is 226 g/mol. The quantitative estimate of drug-likeness (QED) is 0.857. The zero-order chi connectivity index (χ0) is 11.5. The van der Waals surface area contributed by atoms with Gasteiger partial charge in [0, 0.05) is 29.9 Å². The van der Waals surface area contributed by atoms with Crippen LogP contribution in [0.2, 0.25) is 5.02 Å². The highest BCUT2D eigenvalue weighted by molar-refractivity contribution is 6.30. The third-order valence-corrected chi connectivity index (χ3v) is 2.62. The van der Waals surface area contributed by atoms with Crippen molar-refractivity contribution in [3.63, 3.8) is 0 Å². The lowest BCUT2D eigenvalue weighted by atomic mass is 10.2. The predicted molar refractivity (Wildman–Crippen MR) is 61.9 cm³/mol. The maximum absolute atomic E-state index is 11.6. The third kappa shape index (κ3) is 2.52. The van der Waals surface area contributed by atoms with Crippen molar-refractivity contribution in [3.05, 3.63) is 41.3 Å². The molecule has 1 fully saturated rings. The van der Waals surface area contributed by atoms with Gasteiger partial charge in [-0.05, 0) is 12.1 Å². The summed E-state index contributed by atoms with van der Waals surface area (Å²) >= 11 is 5.85. The SMILES string of the molecule is C=C1CCN(Cc2cc(Cl)ccn2)C(=O)N1. The summed E-state index contributed by atoms with van der Waals surface area (Å²) in [6.45, 7) is 4.86. The van der Waals surface area contributed by atoms with Gasteiger partial charge in [0.15, 0.2) is 0 Å². The maximum Gasteiger partial charge on any atom is 0.321 e. The number of halogens is 1. The second-order valence-corrected chi connectivity index (χ2v) is 4.11. The van der Waals surface area contributed by atoms with E-state index in [2.05, 4.69) is 16.9 Å². The van der Waals surface area contributed by atoms with E-state index in [1.807, 2.05) is 0 Å². The zero-order valence-electron chi connectivity index (χ0n) is 8.74. The van der Waals surface area contributed by atoms with Gasteiger partial charge in [0.25, 0.3) is 0 Å². The molecule has 0 unspecified atom stereocenters. The van der Waals surface area contributed by atoms with Crippen LogP contribution in [0.4, 0.5) is 4.79 Å². The standard InChI is InChI=1S/C11H12ClN3O/c1-8-3-5-15(11(16)14-8)7-10-6-9(12)2-4-13-10/h2,4,6H,1,3,5,7H2,(H,14,16). The number of nitrogens with zero attached hydrogens (tertiary/aromatic N) is 2. The fourth-order valence-corrected chi connectivity index (χ4v) is 1.73. The predicted octanol–water partition coefficient (Wildman–Crippen LogP) is 2.16. The monoisotopic (exact) mass is 237 g/mol. The maximum atomic E-state index is 11.6. The van der Waals surface area contributed by atoms with E-state index >= 15 is 0 Å². The number of urea groups is 1. The van der Waals surface area contributed by atoms with E-state index in [-0.39, 0.29) is 6.03 Å². The molecule has 84 valence electrons. The number of aromatic nitrogens is 1. The Bertz CT molecular complexity index is 433. The van der Waals surface area contributed by atoms with Crippen LogP contribution < -0.4 is 5.32 Å². The Morgan fingerprint density at radius 3 is 3.12 bits per heavy atom. The summed E-state index contributed by atoms with van der Waals surface area (Å²) < 4.78 is 0. The molecule has 0 aliphatic carbocycles. The highest BCUT2D eigenvalue weighted by Gasteiger charge is 2.19. The first-order chi connectivity index (χ1) is 7.65. The number of hydrogen-bond acceptors (Lipinski definition) is 2. The molecule has 0 bridgehead atoms. The van der Waals surface area contributed by atoms with Crippen LogP contribution in [0.1, 0.15) is 12.1 Å². The number of amides is 2. The van der Waals surface area contributed by atoms with Gasteiger partial charge in [-0.2, -0.15) is 0 Å². The Hall–Kier alpha value is -1.55. The summed E-state index contributed by atoms with van der Waals surface area (Å²) in [6.07, 6.45) is 2.41. The van der Waals surface area contributed by atoms with Crippen molar-refractivity contribution >= 4 is 17.6 Å². The highest BCUT2D eigenvalue weighted by atomic mass is 35.5. The van der Waals surface area contributed by atoms with Crippen LogP contribution in [-0.2, 0) is 6.54 Å². The molecule has 0 radical (unpaired) electrons. The van der Waals surface area contributed by atoms with E-state index in [1.54, 1.807) is 23.2 Å². The van der Waals surface area contributed by atoms with Gasteiger partial charge in [-0.15, -0.1) is 0 Å². The topological polar surface area (TPSA) is 45.2 Å². The molecule has 16 heavy (non-hydrogen) atoms. The third-order valence-electron chi connectivity index (χ3n) is 2.39. The summed E-state index contributed by atoms with van der Waals surface area (Å²) in [5.74, 6) is 0. The molecule has 1 aromatic rings. The molecule has 0 atom stereocenters. The Morgan fingerprint density at radius 2 is 2.44 bits per heavy atom. The molecule has 4 nitrogen and oxygen atoms in total. The molecule has 2 rings (SSSR count). The molecule has 0 aromatic carbocycles. The summed E-state index contributed by atoms with van der Waals surface area (Å²) in [7, 11) is 0. The van der Waals surface area contributed by atoms with Gasteiger partial charge >= 0.3 is 6.03 Å². The highest BCUT2D eigenvalue weighted by Crippen LogP contribution is 2.13. The van der Waals surface area contributed by atoms with Gasteiger partial charge in [0.2, 0.25) is 0 Å². The average molecular weight is 238 g/mol. The Labute approximate surface area is 98.9 Å². The van der Waals surface area contributed by atoms with Crippen molar-refractivity contribution in [2.24, 2.45) is 0 Å². The normalized spacial score (nSPS) is 16.2. The van der Waals surface area contributed by atoms with Gasteiger partial charge in [-0.25, -0.2) is 4.79 Å². The lowest BCUT2D eigenvalue weighted by molar-refractivity contribution is 0.189. The molecule has 0 saturated carbocycles. The minimum absolute atomic E-state index is 0.127. The first-order valence-electron chi connectivity index (χ1n) is 4.99. The van der Waals surface area contributed by atoms with Crippen molar-refractivity contribution in [2.45, 2.75) is 13.0 Å². The summed E-state index contributed by atoms with van der Waals surface area (Å²) in [5.41, 5.74) is 1.55. The molecule has 1 aliphatic rings. The van der Waals surface area contributed by atoms with Crippen molar-refractivity contribution in [1.29, 1.82) is 0 Å². The van der Waals surface area contributed by atoms with Crippen molar-refractivity contribution in [3.8, 4) is 0 Å². The van der Waals surface area contributed by atoms with Crippen LogP contribution in [-0.4, -0.2) is 22.5 Å². The molecule has 2 amide bonds. The number of carbonyl (C=O) groups is 1. The molecule has 1 aliphatic heterocycles. The van der Waals surface area contributed by atoms with E-state index < -0.39 is 0 Å². The van der Waals surface area contributed by atoms with Gasteiger partial charge < -0.3 is 10.2 Å². The molecule has 1 N–H and O–H groups in total. The van der Waals surface area contributed by atoms with Crippen LogP contribution >= 0.6 is 11.6 Å². The Balaban J connectivity index is 2.05. The fourth-order valence-electron chi connectivity index (χ4n) is 1.55. The summed E-state index contributed by atoms with van der Waals surface area (Å²) in [6, 6.07) is 3.35. The molecule has 1 saturated heterocycles. The van der Waals surface area contributed by atoms with Crippen LogP contribution in [0.25, 0.3) is 0 Å². The van der Waals surface area contributed by atoms with Crippen LogP contribution in [0.5, 0.6) is 0 Å². The minimum Gasteiger partial charge on any atom is -0.318 e. The zero-order valence-corrected chi connectivity index (χ0v) is 9.50. The Kier molecular flexibility index (Phi) is 3.10. The largest absolute Gasteiger partial charge is 0.321 e. The van der Waals surface area contributed by atoms with Crippen LogP contribution in [0, 0.1) is 0 Å². The molecule has 1 aromatic heterocycles. The van der Waals surface area contributed by atoms with E-state index in [0.29, 0.717) is 18.1 Å². The fraction of sp³-hybridized carbons (Fsp3) is 0.273. The van der Waals surface area contributed by atoms with Crippen molar-refractivity contribution in [2.75, 3.05) is 6.54 Å². The van der Waals surface area contributed by atoms with Crippen LogP contribution in [0.3, 0.4) is 0 Å². The van der Waals surface area contributed by atoms with Gasteiger partial charge in [0.1, 0.15) is 0 Å². The second kappa shape index (κ2) is 4.53. The van der Waals surface area contributed by atoms with E-state index in [9.17, 15) is 4.79 Å². The smallest absolute Gasteiger partial charge is 0.318 e. The van der Waals surface area contributed by atoms with Crippen molar-refractivity contribution in [1.82, 2.24) is 15.2 Å². The van der Waals surface area contributed by atoms with Crippen LogP contribution in [0.15, 0.2) is 30.6 Å². The Morgan fingerprint density at radius 1 is 1.62 bits per heavy atom. The number of hydrogen-bond donors (Lipinski definition) is 1. The van der Waals surface area contributed by atoms with Crippen molar-refractivity contribution < 1.29 is 4.79 Å². The second-order valence-electron chi connectivity index (χ2n) is 3.67. The van der Waals surface area contributed by atoms with Gasteiger partial charge in [-0.3, -0.25) is 4.98 Å². The number of pyridine rings is 1. The van der Waals surface area contributed by atoms with E-state index in [0.717, 1.165) is 17.8 Å². The number of carbonyl (C=O) groups excluding carboxylic acids is 1. The molecular formula is C11H12ClN3O. The number of rotatable bonds is 2. The van der Waals surface area contributed by atoms with Gasteiger partial charge in [0.05, 0.1) is 12.2 Å². The summed E-state index contributed by atoms with van der Waals surface area (Å²) in [4.78, 5) is 17.4. The van der Waals surface area contributed by atoms with Gasteiger partial charge in [-0.1, -0.05) is 18.2 Å².